The van der Waals surface area contributed by atoms with E-state index in [0.29, 0.717) is 27.9 Å². The Morgan fingerprint density at radius 3 is 2.76 bits per heavy atom. The Hall–Kier alpha value is -3.46. The maximum atomic E-state index is 12.4. The summed E-state index contributed by atoms with van der Waals surface area (Å²) in [6.45, 7) is -0.209. The van der Waals surface area contributed by atoms with Crippen molar-refractivity contribution in [3.8, 4) is 27.7 Å². The molecule has 0 unspecified atom stereocenters. The molecule has 0 saturated heterocycles. The van der Waals surface area contributed by atoms with Gasteiger partial charge >= 0.3 is 0 Å². The highest BCUT2D eigenvalue weighted by molar-refractivity contribution is 7.13. The normalized spacial score (nSPS) is 11.0. The third-order valence-corrected chi connectivity index (χ3v) is 6.39. The van der Waals surface area contributed by atoms with Crippen LogP contribution in [0.5, 0.6) is 5.75 Å². The molecular weight excluding hydrogens is 481 g/mol. The van der Waals surface area contributed by atoms with Crippen LogP contribution in [0.25, 0.3) is 27.6 Å². The van der Waals surface area contributed by atoms with Crippen LogP contribution in [-0.4, -0.2) is 32.3 Å². The van der Waals surface area contributed by atoms with Crippen LogP contribution in [0.1, 0.15) is 0 Å². The van der Waals surface area contributed by atoms with Crippen LogP contribution in [0.3, 0.4) is 0 Å². The van der Waals surface area contributed by atoms with Gasteiger partial charge in [-0.3, -0.25) is 4.79 Å². The van der Waals surface area contributed by atoms with Crippen LogP contribution < -0.4 is 10.1 Å². The van der Waals surface area contributed by atoms with Crippen LogP contribution in [0.15, 0.2) is 72.1 Å². The molecule has 0 fully saturated rings. The highest BCUT2D eigenvalue weighted by Crippen LogP contribution is 2.31. The number of halogens is 2. The number of nitrogens with zero attached hydrogens (tertiary/aromatic N) is 4. The zero-order valence-electron chi connectivity index (χ0n) is 16.9. The summed E-state index contributed by atoms with van der Waals surface area (Å²) >= 11 is 13.6. The van der Waals surface area contributed by atoms with Gasteiger partial charge in [-0.1, -0.05) is 47.5 Å². The van der Waals surface area contributed by atoms with Gasteiger partial charge in [-0.15, -0.1) is 21.5 Å². The van der Waals surface area contributed by atoms with E-state index in [2.05, 4.69) is 15.5 Å². The predicted octanol–water partition coefficient (Wildman–Crippen LogP) is 5.84. The molecule has 7 nitrogen and oxygen atoms in total. The van der Waals surface area contributed by atoms with Gasteiger partial charge in [0.1, 0.15) is 10.8 Å². The van der Waals surface area contributed by atoms with Crippen LogP contribution in [0, 0.1) is 0 Å². The number of thiophene rings is 1. The third kappa shape index (κ3) is 4.54. The van der Waals surface area contributed by atoms with Gasteiger partial charge in [-0.2, -0.15) is 9.61 Å². The van der Waals surface area contributed by atoms with E-state index in [4.69, 9.17) is 33.0 Å². The molecule has 0 atom stereocenters. The Bertz CT molecular complexity index is 1450. The van der Waals surface area contributed by atoms with Gasteiger partial charge in [0, 0.05) is 11.3 Å². The lowest BCUT2D eigenvalue weighted by atomic mass is 10.1. The number of anilines is 1. The standard InChI is InChI=1S/C23H15Cl2N5O2S/c24-16-6-2-7-18(22(16)25)32-13-21(31)26-15-5-1-4-14(12-15)17-9-10-20-27-28-23(30(20)29-17)19-8-3-11-33-19/h1-12H,13H2,(H,26,31). The van der Waals surface area contributed by atoms with E-state index in [9.17, 15) is 4.79 Å². The third-order valence-electron chi connectivity index (χ3n) is 4.72. The fraction of sp³-hybridized carbons (Fsp3) is 0.0435. The summed E-state index contributed by atoms with van der Waals surface area (Å²) in [5.41, 5.74) is 2.82. The van der Waals surface area contributed by atoms with E-state index >= 15 is 0 Å². The molecule has 0 aliphatic heterocycles. The largest absolute Gasteiger partial charge is 0.482 e. The Kier molecular flexibility index (Phi) is 5.95. The minimum Gasteiger partial charge on any atom is -0.482 e. The topological polar surface area (TPSA) is 81.4 Å². The number of nitrogens with one attached hydrogen (secondary N) is 1. The zero-order valence-corrected chi connectivity index (χ0v) is 19.2. The molecule has 0 spiro atoms. The van der Waals surface area contributed by atoms with Crippen molar-refractivity contribution < 1.29 is 9.53 Å². The van der Waals surface area contributed by atoms with Gasteiger partial charge in [0.2, 0.25) is 0 Å². The van der Waals surface area contributed by atoms with E-state index in [0.717, 1.165) is 16.1 Å². The van der Waals surface area contributed by atoms with E-state index in [-0.39, 0.29) is 17.5 Å². The summed E-state index contributed by atoms with van der Waals surface area (Å²) in [5.74, 6) is 0.703. The number of hydrogen-bond donors (Lipinski definition) is 1. The van der Waals surface area contributed by atoms with Crippen molar-refractivity contribution in [3.05, 3.63) is 82.2 Å². The second kappa shape index (κ2) is 9.19. The number of carbonyl (C=O) groups excluding carboxylic acids is 1. The summed E-state index contributed by atoms with van der Waals surface area (Å²) in [4.78, 5) is 13.4. The van der Waals surface area contributed by atoms with Crippen LogP contribution in [-0.2, 0) is 4.79 Å². The highest BCUT2D eigenvalue weighted by Gasteiger charge is 2.13. The second-order valence-electron chi connectivity index (χ2n) is 6.96. The van der Waals surface area contributed by atoms with Crippen molar-refractivity contribution in [3.63, 3.8) is 0 Å². The SMILES string of the molecule is O=C(COc1cccc(Cl)c1Cl)Nc1cccc(-c2ccc3nnc(-c4cccs4)n3n2)c1. The molecule has 5 rings (SSSR count). The second-order valence-corrected chi connectivity index (χ2v) is 8.69. The Morgan fingerprint density at radius 1 is 1.03 bits per heavy atom. The monoisotopic (exact) mass is 495 g/mol. The van der Waals surface area contributed by atoms with Crippen molar-refractivity contribution in [2.75, 3.05) is 11.9 Å². The van der Waals surface area contributed by atoms with Crippen molar-refractivity contribution in [2.24, 2.45) is 0 Å². The Morgan fingerprint density at radius 2 is 1.91 bits per heavy atom. The van der Waals surface area contributed by atoms with Crippen molar-refractivity contribution >= 4 is 51.8 Å². The van der Waals surface area contributed by atoms with Gasteiger partial charge in [-0.25, -0.2) is 0 Å². The van der Waals surface area contributed by atoms with Gasteiger partial charge < -0.3 is 10.1 Å². The number of hydrogen-bond acceptors (Lipinski definition) is 6. The molecule has 10 heteroatoms. The van der Waals surface area contributed by atoms with Crippen LogP contribution >= 0.6 is 34.5 Å². The first-order valence-corrected chi connectivity index (χ1v) is 11.5. The molecule has 0 bridgehead atoms. The minimum absolute atomic E-state index is 0.209. The number of fused-ring (bicyclic) bond motifs is 1. The van der Waals surface area contributed by atoms with Gasteiger partial charge in [0.25, 0.3) is 5.91 Å². The molecule has 33 heavy (non-hydrogen) atoms. The summed E-state index contributed by atoms with van der Waals surface area (Å²) in [5, 5.41) is 18.6. The van der Waals surface area contributed by atoms with Crippen LogP contribution in [0.4, 0.5) is 5.69 Å². The summed E-state index contributed by atoms with van der Waals surface area (Å²) < 4.78 is 7.21. The fourth-order valence-corrected chi connectivity index (χ4v) is 4.23. The quantitative estimate of drug-likeness (QED) is 0.319. The van der Waals surface area contributed by atoms with E-state index in [1.807, 2.05) is 47.8 Å². The average molecular weight is 496 g/mol. The maximum absolute atomic E-state index is 12.4. The minimum atomic E-state index is -0.328. The molecule has 5 aromatic rings. The first-order chi connectivity index (χ1) is 16.1. The lowest BCUT2D eigenvalue weighted by Crippen LogP contribution is -2.20. The smallest absolute Gasteiger partial charge is 0.262 e. The number of carbonyl (C=O) groups is 1. The Balaban J connectivity index is 1.34. The molecule has 1 N–H and O–H groups in total. The first-order valence-electron chi connectivity index (χ1n) is 9.82. The van der Waals surface area contributed by atoms with E-state index < -0.39 is 0 Å². The van der Waals surface area contributed by atoms with Gasteiger partial charge in [0.05, 0.1) is 15.6 Å². The van der Waals surface area contributed by atoms with Crippen molar-refractivity contribution in [1.82, 2.24) is 19.8 Å². The maximum Gasteiger partial charge on any atom is 0.262 e. The molecule has 0 aliphatic carbocycles. The van der Waals surface area contributed by atoms with Crippen molar-refractivity contribution in [2.45, 2.75) is 0 Å². The summed E-state index contributed by atoms with van der Waals surface area (Å²) in [6, 6.07) is 20.1. The molecule has 0 saturated carbocycles. The molecule has 0 radical (unpaired) electrons. The van der Waals surface area contributed by atoms with Gasteiger partial charge in [0.15, 0.2) is 18.1 Å². The predicted molar refractivity (Wildman–Crippen MR) is 130 cm³/mol. The molecule has 3 aromatic heterocycles. The molecule has 0 aliphatic rings. The van der Waals surface area contributed by atoms with Crippen molar-refractivity contribution in [1.29, 1.82) is 0 Å². The summed E-state index contributed by atoms with van der Waals surface area (Å²) in [6.07, 6.45) is 0. The number of rotatable bonds is 6. The average Bonchev–Trinajstić information content (AvgIpc) is 3.49. The van der Waals surface area contributed by atoms with E-state index in [1.54, 1.807) is 40.1 Å². The zero-order chi connectivity index (χ0) is 22.8. The molecular formula is C23H15Cl2N5O2S. The highest BCUT2D eigenvalue weighted by atomic mass is 35.5. The van der Waals surface area contributed by atoms with Gasteiger partial charge in [-0.05, 0) is 47.8 Å². The first kappa shape index (κ1) is 21.4. The molecule has 3 heterocycles. The number of aromatic nitrogens is 4. The summed E-state index contributed by atoms with van der Waals surface area (Å²) in [7, 11) is 0. The lowest BCUT2D eigenvalue weighted by Gasteiger charge is -2.10. The lowest BCUT2D eigenvalue weighted by molar-refractivity contribution is -0.118. The molecule has 164 valence electrons. The number of amides is 1. The fourth-order valence-electron chi connectivity index (χ4n) is 3.19. The number of benzene rings is 2. The molecule has 2 aromatic carbocycles. The van der Waals surface area contributed by atoms with E-state index in [1.165, 1.54) is 0 Å². The van der Waals surface area contributed by atoms with Crippen LogP contribution in [0.2, 0.25) is 10.0 Å². The molecule has 1 amide bonds. The Labute approximate surface area is 202 Å². The number of ether oxygens (including phenoxy) is 1.